The molecule has 0 radical (unpaired) electrons. The first-order chi connectivity index (χ1) is 17.1. The van der Waals surface area contributed by atoms with Gasteiger partial charge in [-0.2, -0.15) is 0 Å². The molecule has 5 nitrogen and oxygen atoms in total. The van der Waals surface area contributed by atoms with Crippen molar-refractivity contribution >= 4 is 15.8 Å². The maximum Gasteiger partial charge on any atom is 0.248 e. The molecule has 2 aromatic carbocycles. The Morgan fingerprint density at radius 3 is 2.19 bits per heavy atom. The van der Waals surface area contributed by atoms with E-state index in [2.05, 4.69) is 4.36 Å². The zero-order valence-electron chi connectivity index (χ0n) is 21.5. The highest BCUT2D eigenvalue weighted by Crippen LogP contribution is 2.37. The van der Waals surface area contributed by atoms with Gasteiger partial charge in [0.15, 0.2) is 0 Å². The molecule has 0 spiro atoms. The lowest BCUT2D eigenvalue weighted by Crippen LogP contribution is -2.52. The van der Waals surface area contributed by atoms with Crippen LogP contribution in [0, 0.1) is 13.8 Å². The molecule has 8 heteroatoms. The molecule has 2 aromatic rings. The number of amides is 1. The number of rotatable bonds is 7. The van der Waals surface area contributed by atoms with Crippen molar-refractivity contribution in [2.75, 3.05) is 13.1 Å². The molecule has 1 aliphatic heterocycles. The second kappa shape index (κ2) is 11.0. The third-order valence-electron chi connectivity index (χ3n) is 7.32. The quantitative estimate of drug-likeness (QED) is 0.443. The number of benzene rings is 2. The molecular formula is C28H37F2N3O2S. The highest BCUT2D eigenvalue weighted by molar-refractivity contribution is 7.91. The smallest absolute Gasteiger partial charge is 0.248 e. The monoisotopic (exact) mass is 517 g/mol. The van der Waals surface area contributed by atoms with Gasteiger partial charge in [0.05, 0.1) is 4.90 Å². The summed E-state index contributed by atoms with van der Waals surface area (Å²) in [5, 5.41) is 0. The van der Waals surface area contributed by atoms with Crippen molar-refractivity contribution in [2.24, 2.45) is 4.36 Å². The third-order valence-corrected chi connectivity index (χ3v) is 9.89. The molecule has 2 aliphatic rings. The van der Waals surface area contributed by atoms with Crippen molar-refractivity contribution in [3.8, 4) is 0 Å². The molecule has 0 aromatic heterocycles. The summed E-state index contributed by atoms with van der Waals surface area (Å²) in [6.45, 7) is 7.07. The van der Waals surface area contributed by atoms with Crippen molar-refractivity contribution in [2.45, 2.75) is 88.7 Å². The summed E-state index contributed by atoms with van der Waals surface area (Å²) in [6.07, 6.45) is 1.42. The zero-order chi connectivity index (χ0) is 25.9. The van der Waals surface area contributed by atoms with E-state index in [1.165, 1.54) is 0 Å². The van der Waals surface area contributed by atoms with Gasteiger partial charge in [-0.1, -0.05) is 47.5 Å². The van der Waals surface area contributed by atoms with E-state index < -0.39 is 21.9 Å². The predicted molar refractivity (Wildman–Crippen MR) is 139 cm³/mol. The summed E-state index contributed by atoms with van der Waals surface area (Å²) in [5.74, 6) is -2.80. The molecule has 1 unspecified atom stereocenters. The molecule has 36 heavy (non-hydrogen) atoms. The van der Waals surface area contributed by atoms with E-state index in [0.717, 1.165) is 23.1 Å². The van der Waals surface area contributed by atoms with Gasteiger partial charge in [-0.05, 0) is 64.2 Å². The van der Waals surface area contributed by atoms with Gasteiger partial charge in [0.1, 0.15) is 16.0 Å². The molecule has 1 aliphatic carbocycles. The summed E-state index contributed by atoms with van der Waals surface area (Å²) in [7, 11) is -2.98. The molecule has 1 saturated carbocycles. The largest absolute Gasteiger partial charge is 0.334 e. The Balaban J connectivity index is 1.66. The van der Waals surface area contributed by atoms with E-state index in [1.807, 2.05) is 69.3 Å². The molecule has 1 heterocycles. The van der Waals surface area contributed by atoms with Gasteiger partial charge in [-0.15, -0.1) is 0 Å². The number of carbonyl (C=O) groups excluding carboxylic acids is 1. The maximum absolute atomic E-state index is 14.4. The number of alkyl halides is 2. The first-order valence-corrected chi connectivity index (χ1v) is 14.4. The zero-order valence-corrected chi connectivity index (χ0v) is 22.3. The van der Waals surface area contributed by atoms with Crippen LogP contribution in [0.15, 0.2) is 57.8 Å². The number of aryl methyl sites for hydroxylation is 2. The third kappa shape index (κ3) is 5.80. The van der Waals surface area contributed by atoms with Gasteiger partial charge in [-0.25, -0.2) is 21.7 Å². The molecule has 2 atom stereocenters. The Hall–Kier alpha value is -2.32. The number of carbonyl (C=O) groups is 1. The number of hydrogen-bond acceptors (Lipinski definition) is 3. The van der Waals surface area contributed by atoms with Gasteiger partial charge >= 0.3 is 0 Å². The second-order valence-corrected chi connectivity index (χ2v) is 12.3. The minimum atomic E-state index is -2.98. The molecular weight excluding hydrogens is 480 g/mol. The van der Waals surface area contributed by atoms with Crippen molar-refractivity contribution in [3.63, 3.8) is 0 Å². The first-order valence-electron chi connectivity index (χ1n) is 12.9. The van der Waals surface area contributed by atoms with E-state index in [9.17, 15) is 17.8 Å². The lowest BCUT2D eigenvalue weighted by molar-refractivity contribution is -0.141. The van der Waals surface area contributed by atoms with Crippen LogP contribution in [0.2, 0.25) is 0 Å². The summed E-state index contributed by atoms with van der Waals surface area (Å²) < 4.78 is 48.6. The Morgan fingerprint density at radius 2 is 1.61 bits per heavy atom. The SMILES string of the molecule is CCN=S(=O)(c1ccc(C)cc1)N1CCC[C@H]1C(=O)N(Cc1ccc(C)cc1)C1CCC(F)(F)CC1. The molecule has 2 fully saturated rings. The second-order valence-electron chi connectivity index (χ2n) is 10.1. The fraction of sp³-hybridized carbons (Fsp3) is 0.536. The van der Waals surface area contributed by atoms with Crippen LogP contribution >= 0.6 is 0 Å². The Bertz CT molecular complexity index is 1160. The molecule has 196 valence electrons. The van der Waals surface area contributed by atoms with Crippen molar-refractivity contribution in [1.29, 1.82) is 0 Å². The fourth-order valence-electron chi connectivity index (χ4n) is 5.26. The molecule has 4 rings (SSSR count). The van der Waals surface area contributed by atoms with Crippen LogP contribution in [-0.2, 0) is 21.3 Å². The van der Waals surface area contributed by atoms with Crippen LogP contribution in [0.25, 0.3) is 0 Å². The van der Waals surface area contributed by atoms with Crippen LogP contribution in [0.5, 0.6) is 0 Å². The van der Waals surface area contributed by atoms with Gasteiger partial charge in [-0.3, -0.25) is 4.79 Å². The van der Waals surface area contributed by atoms with Gasteiger partial charge in [0, 0.05) is 38.5 Å². The molecule has 1 saturated heterocycles. The van der Waals surface area contributed by atoms with Crippen LogP contribution in [-0.4, -0.2) is 50.4 Å². The van der Waals surface area contributed by atoms with E-state index in [1.54, 1.807) is 9.21 Å². The Morgan fingerprint density at radius 1 is 1.03 bits per heavy atom. The van der Waals surface area contributed by atoms with Crippen molar-refractivity contribution in [1.82, 2.24) is 9.21 Å². The van der Waals surface area contributed by atoms with Gasteiger partial charge < -0.3 is 4.90 Å². The van der Waals surface area contributed by atoms with Crippen molar-refractivity contribution in [3.05, 3.63) is 65.2 Å². The highest BCUT2D eigenvalue weighted by Gasteiger charge is 2.44. The van der Waals surface area contributed by atoms with E-state index in [4.69, 9.17) is 0 Å². The summed E-state index contributed by atoms with van der Waals surface area (Å²) in [5.41, 5.74) is 3.15. The van der Waals surface area contributed by atoms with Crippen LogP contribution in [0.1, 0.15) is 62.1 Å². The van der Waals surface area contributed by atoms with E-state index >= 15 is 0 Å². The Kier molecular flexibility index (Phi) is 8.15. The number of halogens is 2. The average Bonchev–Trinajstić information content (AvgIpc) is 3.35. The van der Waals surface area contributed by atoms with Crippen molar-refractivity contribution < 1.29 is 17.8 Å². The first kappa shape index (κ1) is 26.7. The van der Waals surface area contributed by atoms with Gasteiger partial charge in [0.2, 0.25) is 11.8 Å². The minimum absolute atomic E-state index is 0.130. The standard InChI is InChI=1S/C28H37F2N3O2S/c1-4-31-36(35,25-13-9-22(3)10-14-25)33-19-5-6-26(33)27(34)32(20-23-11-7-21(2)8-12-23)24-15-17-28(29,30)18-16-24/h7-14,24,26H,4-6,15-20H2,1-3H3/t26-,36?/m0/s1. The fourth-order valence-corrected chi connectivity index (χ4v) is 7.59. The lowest BCUT2D eigenvalue weighted by Gasteiger charge is -2.39. The highest BCUT2D eigenvalue weighted by atomic mass is 32.2. The predicted octanol–water partition coefficient (Wildman–Crippen LogP) is 6.14. The minimum Gasteiger partial charge on any atom is -0.334 e. The summed E-state index contributed by atoms with van der Waals surface area (Å²) >= 11 is 0. The topological polar surface area (TPSA) is 53.0 Å². The van der Waals surface area contributed by atoms with Gasteiger partial charge in [0.25, 0.3) is 0 Å². The number of hydrogen-bond donors (Lipinski definition) is 0. The summed E-state index contributed by atoms with van der Waals surface area (Å²) in [4.78, 5) is 16.5. The van der Waals surface area contributed by atoms with E-state index in [0.29, 0.717) is 31.0 Å². The van der Waals surface area contributed by atoms with Crippen LogP contribution in [0.4, 0.5) is 8.78 Å². The van der Waals surface area contributed by atoms with Crippen LogP contribution in [0.3, 0.4) is 0 Å². The average molecular weight is 518 g/mol. The molecule has 0 N–H and O–H groups in total. The number of nitrogens with zero attached hydrogens (tertiary/aromatic N) is 3. The summed E-state index contributed by atoms with van der Waals surface area (Å²) in [6, 6.07) is 14.6. The normalized spacial score (nSPS) is 22.2. The van der Waals surface area contributed by atoms with E-state index in [-0.39, 0.29) is 37.6 Å². The molecule has 1 amide bonds. The lowest BCUT2D eigenvalue weighted by atomic mass is 9.90. The maximum atomic E-state index is 14.4. The Labute approximate surface area is 214 Å². The molecule has 0 bridgehead atoms. The van der Waals surface area contributed by atoms with Crippen LogP contribution < -0.4 is 0 Å².